The van der Waals surface area contributed by atoms with Gasteiger partial charge < -0.3 is 10.5 Å². The second kappa shape index (κ2) is 5.97. The highest BCUT2D eigenvalue weighted by molar-refractivity contribution is 5.94. The number of carbonyl (C=O) groups is 2. The number of imide groups is 1. The summed E-state index contributed by atoms with van der Waals surface area (Å²) in [5.41, 5.74) is 5.00. The summed E-state index contributed by atoms with van der Waals surface area (Å²) in [5.74, 6) is 4.71. The molecule has 0 radical (unpaired) electrons. The zero-order valence-electron chi connectivity index (χ0n) is 11.2. The quantitative estimate of drug-likeness (QED) is 0.439. The summed E-state index contributed by atoms with van der Waals surface area (Å²) >= 11 is 0. The number of amides is 2. The van der Waals surface area contributed by atoms with Crippen molar-refractivity contribution in [1.29, 1.82) is 0 Å². The molecule has 0 bridgehead atoms. The van der Waals surface area contributed by atoms with Crippen LogP contribution in [0.25, 0.3) is 0 Å². The Balaban J connectivity index is 4.55. The van der Waals surface area contributed by atoms with Gasteiger partial charge in [0.2, 0.25) is 0 Å². The fourth-order valence-electron chi connectivity index (χ4n) is 1.06. The molecule has 6 heteroatoms. The molecule has 0 heterocycles. The first-order chi connectivity index (χ1) is 7.60. The second-order valence-electron chi connectivity index (χ2n) is 5.10. The van der Waals surface area contributed by atoms with Gasteiger partial charge in [0, 0.05) is 0 Å². The van der Waals surface area contributed by atoms with Crippen LogP contribution in [0, 0.1) is 5.92 Å². The lowest BCUT2D eigenvalue weighted by Gasteiger charge is -2.26. The Labute approximate surface area is 102 Å². The first-order valence-corrected chi connectivity index (χ1v) is 5.67. The molecule has 0 saturated heterocycles. The Morgan fingerprint density at radius 3 is 2.18 bits per heavy atom. The Kier molecular flexibility index (Phi) is 5.57. The van der Waals surface area contributed by atoms with Crippen LogP contribution in [0.2, 0.25) is 0 Å². The molecule has 2 amide bonds. The molecule has 2 atom stereocenters. The van der Waals surface area contributed by atoms with Crippen LogP contribution < -0.4 is 11.6 Å². The van der Waals surface area contributed by atoms with E-state index in [0.717, 1.165) is 6.42 Å². The molecule has 0 fully saturated rings. The van der Waals surface area contributed by atoms with Crippen LogP contribution in [-0.2, 0) is 9.53 Å². The first kappa shape index (κ1) is 15.9. The molecule has 0 aromatic rings. The predicted octanol–water partition coefficient (Wildman–Crippen LogP) is 0.997. The second-order valence-corrected chi connectivity index (χ2v) is 5.10. The summed E-state index contributed by atoms with van der Waals surface area (Å²) in [4.78, 5) is 23.3. The molecular formula is C11H23N3O3. The number of nitrogens with two attached hydrogens (primary N) is 2. The van der Waals surface area contributed by atoms with Crippen molar-refractivity contribution in [3.05, 3.63) is 0 Å². The van der Waals surface area contributed by atoms with E-state index in [1.54, 1.807) is 20.8 Å². The van der Waals surface area contributed by atoms with E-state index in [9.17, 15) is 9.59 Å². The number of hydrogen-bond acceptors (Lipinski definition) is 5. The summed E-state index contributed by atoms with van der Waals surface area (Å²) in [6, 6.07) is -0.794. The molecular weight excluding hydrogens is 222 g/mol. The Morgan fingerprint density at radius 1 is 1.35 bits per heavy atom. The minimum Gasteiger partial charge on any atom is -0.442 e. The number of carbonyl (C=O) groups excluding carboxylic acids is 2. The fourth-order valence-corrected chi connectivity index (χ4v) is 1.06. The smallest absolute Gasteiger partial charge is 0.431 e. The number of rotatable bonds is 3. The Bertz CT molecular complexity index is 286. The highest BCUT2D eigenvalue weighted by Gasteiger charge is 2.30. The standard InChI is InChI=1S/C11H23N3O3/c1-6-7(2)8(12)9(15)14(13)10(16)17-11(3,4)5/h7-8H,6,12-13H2,1-5H3/t7-,8-/m0/s1. The van der Waals surface area contributed by atoms with Gasteiger partial charge in [0.25, 0.3) is 5.91 Å². The van der Waals surface area contributed by atoms with Crippen LogP contribution in [0.15, 0.2) is 0 Å². The summed E-state index contributed by atoms with van der Waals surface area (Å²) in [5, 5.41) is 0.447. The van der Waals surface area contributed by atoms with E-state index in [0.29, 0.717) is 5.01 Å². The van der Waals surface area contributed by atoms with Crippen LogP contribution in [0.1, 0.15) is 41.0 Å². The van der Waals surface area contributed by atoms with Crippen molar-refractivity contribution in [2.45, 2.75) is 52.7 Å². The van der Waals surface area contributed by atoms with Crippen LogP contribution >= 0.6 is 0 Å². The molecule has 0 spiro atoms. The molecule has 0 aliphatic heterocycles. The molecule has 0 aliphatic rings. The van der Waals surface area contributed by atoms with Crippen LogP contribution in [0.5, 0.6) is 0 Å². The van der Waals surface area contributed by atoms with Crippen molar-refractivity contribution in [2.75, 3.05) is 0 Å². The zero-order valence-corrected chi connectivity index (χ0v) is 11.2. The van der Waals surface area contributed by atoms with Crippen molar-refractivity contribution in [3.63, 3.8) is 0 Å². The monoisotopic (exact) mass is 245 g/mol. The fraction of sp³-hybridized carbons (Fsp3) is 0.818. The molecule has 0 saturated carbocycles. The van der Waals surface area contributed by atoms with E-state index in [4.69, 9.17) is 16.3 Å². The lowest BCUT2D eigenvalue weighted by Crippen LogP contribution is -2.53. The molecule has 0 rings (SSSR count). The predicted molar refractivity (Wildman–Crippen MR) is 64.7 cm³/mol. The largest absolute Gasteiger partial charge is 0.442 e. The van der Waals surface area contributed by atoms with E-state index in [-0.39, 0.29) is 5.92 Å². The number of hydrazine groups is 1. The minimum atomic E-state index is -0.888. The van der Waals surface area contributed by atoms with Crippen molar-refractivity contribution >= 4 is 12.0 Å². The van der Waals surface area contributed by atoms with Gasteiger partial charge in [0.15, 0.2) is 0 Å². The lowest BCUT2D eigenvalue weighted by atomic mass is 9.99. The zero-order chi connectivity index (χ0) is 13.8. The minimum absolute atomic E-state index is 0.0454. The van der Waals surface area contributed by atoms with Crippen molar-refractivity contribution in [2.24, 2.45) is 17.5 Å². The van der Waals surface area contributed by atoms with Crippen LogP contribution in [0.4, 0.5) is 4.79 Å². The van der Waals surface area contributed by atoms with E-state index in [2.05, 4.69) is 0 Å². The maximum absolute atomic E-state index is 11.7. The summed E-state index contributed by atoms with van der Waals surface area (Å²) in [7, 11) is 0. The van der Waals surface area contributed by atoms with Gasteiger partial charge in [-0.05, 0) is 26.7 Å². The van der Waals surface area contributed by atoms with Crippen molar-refractivity contribution in [1.82, 2.24) is 5.01 Å². The Hall–Kier alpha value is -1.14. The van der Waals surface area contributed by atoms with E-state index in [1.807, 2.05) is 13.8 Å². The normalized spacial score (nSPS) is 15.0. The molecule has 0 unspecified atom stereocenters. The molecule has 6 nitrogen and oxygen atoms in total. The van der Waals surface area contributed by atoms with Crippen LogP contribution in [0.3, 0.4) is 0 Å². The average molecular weight is 245 g/mol. The van der Waals surface area contributed by atoms with E-state index >= 15 is 0 Å². The third-order valence-corrected chi connectivity index (χ3v) is 2.37. The third kappa shape index (κ3) is 5.14. The number of hydrogen-bond donors (Lipinski definition) is 2. The van der Waals surface area contributed by atoms with Gasteiger partial charge in [0.1, 0.15) is 5.60 Å². The summed E-state index contributed by atoms with van der Waals surface area (Å²) in [6.45, 7) is 8.81. The van der Waals surface area contributed by atoms with Gasteiger partial charge >= 0.3 is 6.09 Å². The van der Waals surface area contributed by atoms with Gasteiger partial charge in [-0.3, -0.25) is 4.79 Å². The van der Waals surface area contributed by atoms with Gasteiger partial charge in [-0.15, -0.1) is 0 Å². The molecule has 0 aromatic carbocycles. The van der Waals surface area contributed by atoms with Gasteiger partial charge in [-0.1, -0.05) is 20.3 Å². The molecule has 0 aliphatic carbocycles. The maximum Gasteiger partial charge on any atom is 0.431 e. The lowest BCUT2D eigenvalue weighted by molar-refractivity contribution is -0.133. The third-order valence-electron chi connectivity index (χ3n) is 2.37. The molecule has 17 heavy (non-hydrogen) atoms. The van der Waals surface area contributed by atoms with Gasteiger partial charge in [0.05, 0.1) is 6.04 Å². The van der Waals surface area contributed by atoms with Gasteiger partial charge in [-0.2, -0.15) is 5.01 Å². The first-order valence-electron chi connectivity index (χ1n) is 5.67. The summed E-state index contributed by atoms with van der Waals surface area (Å²) in [6.07, 6.45) is -0.157. The SMILES string of the molecule is CC[C@H](C)[C@H](N)C(=O)N(N)C(=O)OC(C)(C)C. The highest BCUT2D eigenvalue weighted by Crippen LogP contribution is 2.11. The average Bonchev–Trinajstić information content (AvgIpc) is 2.22. The molecule has 100 valence electrons. The van der Waals surface area contributed by atoms with Gasteiger partial charge in [-0.25, -0.2) is 10.6 Å². The highest BCUT2D eigenvalue weighted by atomic mass is 16.6. The van der Waals surface area contributed by atoms with Crippen molar-refractivity contribution in [3.8, 4) is 0 Å². The van der Waals surface area contributed by atoms with Crippen molar-refractivity contribution < 1.29 is 14.3 Å². The number of nitrogens with zero attached hydrogens (tertiary/aromatic N) is 1. The number of ether oxygens (including phenoxy) is 1. The van der Waals surface area contributed by atoms with E-state index in [1.165, 1.54) is 0 Å². The topological polar surface area (TPSA) is 98.7 Å². The maximum atomic E-state index is 11.7. The molecule has 4 N–H and O–H groups in total. The molecule has 0 aromatic heterocycles. The van der Waals surface area contributed by atoms with E-state index < -0.39 is 23.6 Å². The summed E-state index contributed by atoms with van der Waals surface area (Å²) < 4.78 is 4.97. The Morgan fingerprint density at radius 2 is 1.82 bits per heavy atom. The van der Waals surface area contributed by atoms with Crippen LogP contribution in [-0.4, -0.2) is 28.7 Å².